The maximum absolute atomic E-state index is 12.9. The number of rotatable bonds is 6. The van der Waals surface area contributed by atoms with E-state index in [1.165, 1.54) is 10.5 Å². The van der Waals surface area contributed by atoms with E-state index in [1.807, 2.05) is 36.4 Å². The molecule has 0 spiro atoms. The fraction of sp³-hybridized carbons (Fsp3) is 0.346. The van der Waals surface area contributed by atoms with E-state index in [1.54, 1.807) is 46.0 Å². The molecule has 7 nitrogen and oxygen atoms in total. The van der Waals surface area contributed by atoms with Gasteiger partial charge in [0.1, 0.15) is 0 Å². The quantitative estimate of drug-likeness (QED) is 0.645. The van der Waals surface area contributed by atoms with Gasteiger partial charge in [0.15, 0.2) is 0 Å². The highest BCUT2D eigenvalue weighted by Gasteiger charge is 2.44. The third-order valence-electron chi connectivity index (χ3n) is 6.16. The Bertz CT molecular complexity index is 1110. The first-order valence-electron chi connectivity index (χ1n) is 11.2. The highest BCUT2D eigenvalue weighted by Crippen LogP contribution is 2.48. The van der Waals surface area contributed by atoms with Crippen molar-refractivity contribution in [3.63, 3.8) is 0 Å². The van der Waals surface area contributed by atoms with Gasteiger partial charge in [0, 0.05) is 24.4 Å². The van der Waals surface area contributed by atoms with Crippen molar-refractivity contribution in [3.05, 3.63) is 77.0 Å². The zero-order valence-corrected chi connectivity index (χ0v) is 19.3. The van der Waals surface area contributed by atoms with Crippen LogP contribution in [0, 0.1) is 5.92 Å². The van der Waals surface area contributed by atoms with E-state index >= 15 is 0 Å². The van der Waals surface area contributed by atoms with Crippen LogP contribution in [0.2, 0.25) is 0 Å². The maximum Gasteiger partial charge on any atom is 0.338 e. The summed E-state index contributed by atoms with van der Waals surface area (Å²) in [5.41, 5.74) is 3.40. The molecule has 7 heteroatoms. The molecule has 3 amide bonds. The summed E-state index contributed by atoms with van der Waals surface area (Å²) < 4.78 is 5.44. The van der Waals surface area contributed by atoms with Gasteiger partial charge in [-0.15, -0.1) is 0 Å². The zero-order chi connectivity index (χ0) is 23.7. The second-order valence-electron chi connectivity index (χ2n) is 8.87. The van der Waals surface area contributed by atoms with Crippen LogP contribution in [0.1, 0.15) is 50.3 Å². The van der Waals surface area contributed by atoms with Crippen molar-refractivity contribution in [2.24, 2.45) is 5.92 Å². The van der Waals surface area contributed by atoms with Crippen molar-refractivity contribution in [1.29, 1.82) is 0 Å². The molecule has 1 fully saturated rings. The average Bonchev–Trinajstić information content (AvgIpc) is 3.58. The number of amides is 3. The monoisotopic (exact) mass is 447 g/mol. The zero-order valence-electron chi connectivity index (χ0n) is 19.3. The standard InChI is InChI=1S/C26H29N3O4/c1-15(2)33-25(31)22-16(3)29(4)26(32)28-23(22)18-11-8-12-19(13-18)27-24(30)21-14-20(21)17-9-6-5-7-10-17/h5-13,15,20-21,23H,14H2,1-4H3,(H,27,30)(H,28,32)/t20-,21+,23+/m0/s1. The molecule has 1 aliphatic heterocycles. The topological polar surface area (TPSA) is 87.7 Å². The number of hydrogen-bond acceptors (Lipinski definition) is 4. The summed E-state index contributed by atoms with van der Waals surface area (Å²) >= 11 is 0. The Kier molecular flexibility index (Phi) is 6.22. The van der Waals surface area contributed by atoms with Crippen molar-refractivity contribution in [2.75, 3.05) is 12.4 Å². The fourth-order valence-corrected chi connectivity index (χ4v) is 4.21. The number of carbonyl (C=O) groups excluding carboxylic acids is 3. The van der Waals surface area contributed by atoms with Gasteiger partial charge in [0.05, 0.1) is 17.7 Å². The highest BCUT2D eigenvalue weighted by atomic mass is 16.5. The molecule has 172 valence electrons. The Morgan fingerprint density at radius 2 is 1.79 bits per heavy atom. The first kappa shape index (κ1) is 22.6. The Balaban J connectivity index is 1.54. The molecule has 2 aliphatic rings. The molecule has 2 N–H and O–H groups in total. The highest BCUT2D eigenvalue weighted by molar-refractivity contribution is 5.96. The van der Waals surface area contributed by atoms with Crippen LogP contribution in [-0.4, -0.2) is 36.0 Å². The molecule has 2 aromatic carbocycles. The number of nitrogens with zero attached hydrogens (tertiary/aromatic N) is 1. The van der Waals surface area contributed by atoms with Crippen LogP contribution in [0.4, 0.5) is 10.5 Å². The van der Waals surface area contributed by atoms with Gasteiger partial charge >= 0.3 is 12.0 Å². The van der Waals surface area contributed by atoms with E-state index in [9.17, 15) is 14.4 Å². The molecular formula is C26H29N3O4. The van der Waals surface area contributed by atoms with Crippen molar-refractivity contribution < 1.29 is 19.1 Å². The molecule has 0 saturated heterocycles. The van der Waals surface area contributed by atoms with Gasteiger partial charge in [-0.25, -0.2) is 9.59 Å². The Hall–Kier alpha value is -3.61. The summed E-state index contributed by atoms with van der Waals surface area (Å²) in [6, 6.07) is 16.3. The lowest BCUT2D eigenvalue weighted by Gasteiger charge is -2.33. The van der Waals surface area contributed by atoms with Crippen LogP contribution < -0.4 is 10.6 Å². The molecule has 3 atom stereocenters. The van der Waals surface area contributed by atoms with Crippen LogP contribution in [-0.2, 0) is 14.3 Å². The Morgan fingerprint density at radius 3 is 2.48 bits per heavy atom. The minimum atomic E-state index is -0.671. The maximum atomic E-state index is 12.9. The summed E-state index contributed by atoms with van der Waals surface area (Å²) in [6.07, 6.45) is 0.538. The predicted octanol–water partition coefficient (Wildman–Crippen LogP) is 4.35. The SMILES string of the molecule is CC1=C(C(=O)OC(C)C)[C@@H](c2cccc(NC(=O)[C@@H]3C[C@H]3c3ccccc3)c2)NC(=O)N1C. The molecule has 4 rings (SSSR count). The lowest BCUT2D eigenvalue weighted by molar-refractivity contribution is -0.143. The number of hydrogen-bond donors (Lipinski definition) is 2. The van der Waals surface area contributed by atoms with Gasteiger partial charge in [-0.2, -0.15) is 0 Å². The van der Waals surface area contributed by atoms with E-state index in [0.29, 0.717) is 22.5 Å². The second-order valence-corrected chi connectivity index (χ2v) is 8.87. The molecule has 1 heterocycles. The minimum absolute atomic E-state index is 0.0282. The number of anilines is 1. The molecule has 0 unspecified atom stereocenters. The molecular weight excluding hydrogens is 418 g/mol. The number of esters is 1. The van der Waals surface area contributed by atoms with Crippen LogP contribution in [0.3, 0.4) is 0 Å². The van der Waals surface area contributed by atoms with E-state index < -0.39 is 12.0 Å². The van der Waals surface area contributed by atoms with Crippen LogP contribution >= 0.6 is 0 Å². The molecule has 33 heavy (non-hydrogen) atoms. The molecule has 2 aromatic rings. The van der Waals surface area contributed by atoms with Gasteiger partial charge in [0.25, 0.3) is 0 Å². The number of allylic oxidation sites excluding steroid dienone is 1. The van der Waals surface area contributed by atoms with Crippen LogP contribution in [0.25, 0.3) is 0 Å². The second kappa shape index (κ2) is 9.10. The Labute approximate surface area is 193 Å². The molecule has 1 aliphatic carbocycles. The van der Waals surface area contributed by atoms with Crippen molar-refractivity contribution in [1.82, 2.24) is 10.2 Å². The van der Waals surface area contributed by atoms with Gasteiger partial charge in [-0.3, -0.25) is 4.79 Å². The number of carbonyl (C=O) groups is 3. The third-order valence-corrected chi connectivity index (χ3v) is 6.16. The van der Waals surface area contributed by atoms with Gasteiger partial charge < -0.3 is 20.3 Å². The first-order chi connectivity index (χ1) is 15.8. The van der Waals surface area contributed by atoms with Crippen LogP contribution in [0.15, 0.2) is 65.9 Å². The van der Waals surface area contributed by atoms with Crippen molar-refractivity contribution >= 4 is 23.6 Å². The smallest absolute Gasteiger partial charge is 0.338 e. The number of urea groups is 1. The normalized spacial score (nSPS) is 22.2. The lowest BCUT2D eigenvalue weighted by atomic mass is 9.94. The van der Waals surface area contributed by atoms with Gasteiger partial charge in [-0.05, 0) is 56.4 Å². The number of nitrogens with one attached hydrogen (secondary N) is 2. The summed E-state index contributed by atoms with van der Waals surface area (Å²) in [5, 5.41) is 5.87. The minimum Gasteiger partial charge on any atom is -0.459 e. The summed E-state index contributed by atoms with van der Waals surface area (Å²) in [6.45, 7) is 5.29. The van der Waals surface area contributed by atoms with Gasteiger partial charge in [-0.1, -0.05) is 42.5 Å². The third kappa shape index (κ3) is 4.77. The molecule has 0 radical (unpaired) electrons. The van der Waals surface area contributed by atoms with E-state index in [4.69, 9.17) is 4.74 Å². The van der Waals surface area contributed by atoms with Crippen molar-refractivity contribution in [2.45, 2.75) is 45.3 Å². The number of ether oxygens (including phenoxy) is 1. The molecule has 0 aromatic heterocycles. The lowest BCUT2D eigenvalue weighted by Crippen LogP contribution is -2.46. The summed E-state index contributed by atoms with van der Waals surface area (Å²) in [7, 11) is 1.61. The molecule has 1 saturated carbocycles. The average molecular weight is 448 g/mol. The number of benzene rings is 2. The fourth-order valence-electron chi connectivity index (χ4n) is 4.21. The Morgan fingerprint density at radius 1 is 1.09 bits per heavy atom. The van der Waals surface area contributed by atoms with Crippen LogP contribution in [0.5, 0.6) is 0 Å². The van der Waals surface area contributed by atoms with Crippen molar-refractivity contribution in [3.8, 4) is 0 Å². The van der Waals surface area contributed by atoms with Gasteiger partial charge in [0.2, 0.25) is 5.91 Å². The largest absolute Gasteiger partial charge is 0.459 e. The summed E-state index contributed by atoms with van der Waals surface area (Å²) in [5.74, 6) is -0.319. The molecule has 0 bridgehead atoms. The predicted molar refractivity (Wildman–Crippen MR) is 125 cm³/mol. The first-order valence-corrected chi connectivity index (χ1v) is 11.2. The van der Waals surface area contributed by atoms with E-state index in [0.717, 1.165) is 6.42 Å². The summed E-state index contributed by atoms with van der Waals surface area (Å²) in [4.78, 5) is 39.5. The van der Waals surface area contributed by atoms with E-state index in [2.05, 4.69) is 10.6 Å². The van der Waals surface area contributed by atoms with E-state index in [-0.39, 0.29) is 29.9 Å².